The average Bonchev–Trinajstić information content (AvgIpc) is 3.13. The first-order chi connectivity index (χ1) is 13.4. The molecule has 0 aliphatic carbocycles. The van der Waals surface area contributed by atoms with Crippen molar-refractivity contribution in [3.8, 4) is 11.5 Å². The van der Waals surface area contributed by atoms with Crippen molar-refractivity contribution >= 4 is 23.6 Å². The molecule has 0 bridgehead atoms. The Bertz CT molecular complexity index is 1000. The van der Waals surface area contributed by atoms with Gasteiger partial charge < -0.3 is 4.42 Å². The molecule has 0 spiro atoms. The minimum absolute atomic E-state index is 0.0635. The number of nitrogens with zero attached hydrogens (tertiary/aromatic N) is 2. The predicted octanol–water partition coefficient (Wildman–Crippen LogP) is 3.05. The molecular formula is C19H17FN4O3S. The van der Waals surface area contributed by atoms with E-state index in [9.17, 15) is 14.0 Å². The summed E-state index contributed by atoms with van der Waals surface area (Å²) in [6, 6.07) is 11.4. The van der Waals surface area contributed by atoms with Crippen LogP contribution in [0.3, 0.4) is 0 Å². The molecule has 0 aliphatic rings. The molecule has 0 radical (unpaired) electrons. The van der Waals surface area contributed by atoms with E-state index >= 15 is 0 Å². The summed E-state index contributed by atoms with van der Waals surface area (Å²) in [5.74, 6) is -1.62. The van der Waals surface area contributed by atoms with Crippen molar-refractivity contribution in [1.29, 1.82) is 0 Å². The molecule has 2 amide bonds. The zero-order valence-corrected chi connectivity index (χ0v) is 16.0. The fraction of sp³-hybridized carbons (Fsp3) is 0.158. The number of hydrazine groups is 1. The van der Waals surface area contributed by atoms with Crippen molar-refractivity contribution in [2.75, 3.05) is 5.75 Å². The van der Waals surface area contributed by atoms with Gasteiger partial charge in [0.25, 0.3) is 11.1 Å². The molecule has 0 unspecified atom stereocenters. The van der Waals surface area contributed by atoms with Gasteiger partial charge in [0.05, 0.1) is 11.3 Å². The molecule has 3 rings (SSSR count). The van der Waals surface area contributed by atoms with Crippen molar-refractivity contribution in [2.24, 2.45) is 0 Å². The van der Waals surface area contributed by atoms with E-state index in [1.54, 1.807) is 0 Å². The Morgan fingerprint density at radius 1 is 1.07 bits per heavy atom. The van der Waals surface area contributed by atoms with Crippen LogP contribution < -0.4 is 10.9 Å². The van der Waals surface area contributed by atoms with Gasteiger partial charge in [-0.3, -0.25) is 20.4 Å². The van der Waals surface area contributed by atoms with Crippen molar-refractivity contribution in [1.82, 2.24) is 21.0 Å². The number of benzene rings is 2. The van der Waals surface area contributed by atoms with Crippen LogP contribution in [-0.2, 0) is 4.79 Å². The summed E-state index contributed by atoms with van der Waals surface area (Å²) in [7, 11) is 0. The molecule has 2 N–H and O–H groups in total. The lowest BCUT2D eigenvalue weighted by Gasteiger charge is -2.07. The van der Waals surface area contributed by atoms with Gasteiger partial charge in [-0.05, 0) is 38.1 Å². The third-order valence-electron chi connectivity index (χ3n) is 3.64. The minimum Gasteiger partial charge on any atom is -0.411 e. The second kappa shape index (κ2) is 8.66. The molecule has 0 saturated carbocycles. The Kier molecular flexibility index (Phi) is 6.05. The Morgan fingerprint density at radius 3 is 2.50 bits per heavy atom. The summed E-state index contributed by atoms with van der Waals surface area (Å²) in [4.78, 5) is 23.7. The van der Waals surface area contributed by atoms with Crippen LogP contribution in [0.15, 0.2) is 52.1 Å². The van der Waals surface area contributed by atoms with Crippen LogP contribution in [0.25, 0.3) is 11.5 Å². The van der Waals surface area contributed by atoms with Crippen molar-refractivity contribution in [3.05, 3.63) is 65.0 Å². The number of hydrogen-bond acceptors (Lipinski definition) is 6. The molecule has 2 aromatic carbocycles. The van der Waals surface area contributed by atoms with Gasteiger partial charge in [0.1, 0.15) is 5.82 Å². The fourth-order valence-electron chi connectivity index (χ4n) is 2.49. The van der Waals surface area contributed by atoms with Crippen LogP contribution in [0.4, 0.5) is 4.39 Å². The fourth-order valence-corrected chi connectivity index (χ4v) is 3.05. The smallest absolute Gasteiger partial charge is 0.277 e. The van der Waals surface area contributed by atoms with Gasteiger partial charge in [-0.25, -0.2) is 4.39 Å². The monoisotopic (exact) mass is 400 g/mol. The molecule has 1 heterocycles. The quantitative estimate of drug-likeness (QED) is 0.505. The number of aromatic nitrogens is 2. The van der Waals surface area contributed by atoms with E-state index in [1.807, 2.05) is 32.0 Å². The molecule has 0 saturated heterocycles. The van der Waals surface area contributed by atoms with Gasteiger partial charge in [-0.1, -0.05) is 41.1 Å². The number of rotatable bonds is 5. The predicted molar refractivity (Wildman–Crippen MR) is 102 cm³/mol. The van der Waals surface area contributed by atoms with Gasteiger partial charge in [-0.15, -0.1) is 10.2 Å². The summed E-state index contributed by atoms with van der Waals surface area (Å²) in [6.07, 6.45) is 0. The summed E-state index contributed by atoms with van der Waals surface area (Å²) in [5, 5.41) is 8.12. The summed E-state index contributed by atoms with van der Waals surface area (Å²) < 4.78 is 19.1. The third-order valence-corrected chi connectivity index (χ3v) is 4.45. The van der Waals surface area contributed by atoms with Gasteiger partial charge >= 0.3 is 0 Å². The molecule has 144 valence electrons. The van der Waals surface area contributed by atoms with E-state index < -0.39 is 17.6 Å². The second-order valence-electron chi connectivity index (χ2n) is 6.02. The Morgan fingerprint density at radius 2 is 1.79 bits per heavy atom. The van der Waals surface area contributed by atoms with Crippen molar-refractivity contribution in [3.63, 3.8) is 0 Å². The van der Waals surface area contributed by atoms with Crippen molar-refractivity contribution < 1.29 is 18.4 Å². The lowest BCUT2D eigenvalue weighted by atomic mass is 10.1. The molecular weight excluding hydrogens is 383 g/mol. The highest BCUT2D eigenvalue weighted by Gasteiger charge is 2.14. The Balaban J connectivity index is 1.52. The number of aryl methyl sites for hydroxylation is 2. The summed E-state index contributed by atoms with van der Waals surface area (Å²) in [5.41, 5.74) is 7.17. The first-order valence-corrected chi connectivity index (χ1v) is 9.29. The highest BCUT2D eigenvalue weighted by Crippen LogP contribution is 2.24. The van der Waals surface area contributed by atoms with Crippen molar-refractivity contribution in [2.45, 2.75) is 19.1 Å². The lowest BCUT2D eigenvalue weighted by molar-refractivity contribution is -0.119. The second-order valence-corrected chi connectivity index (χ2v) is 6.95. The summed E-state index contributed by atoms with van der Waals surface area (Å²) in [6.45, 7) is 3.95. The van der Waals surface area contributed by atoms with E-state index in [0.717, 1.165) is 34.5 Å². The third kappa shape index (κ3) is 4.95. The molecule has 7 nitrogen and oxygen atoms in total. The molecule has 9 heteroatoms. The molecule has 28 heavy (non-hydrogen) atoms. The van der Waals surface area contributed by atoms with E-state index in [1.165, 1.54) is 18.2 Å². The van der Waals surface area contributed by atoms with Crippen LogP contribution in [0.1, 0.15) is 21.5 Å². The lowest BCUT2D eigenvalue weighted by Crippen LogP contribution is -2.42. The van der Waals surface area contributed by atoms with Crippen LogP contribution >= 0.6 is 11.8 Å². The summed E-state index contributed by atoms with van der Waals surface area (Å²) >= 11 is 1.03. The number of nitrogens with one attached hydrogen (secondary N) is 2. The number of amides is 2. The topological polar surface area (TPSA) is 97.1 Å². The van der Waals surface area contributed by atoms with Gasteiger partial charge in [0.15, 0.2) is 0 Å². The maximum Gasteiger partial charge on any atom is 0.277 e. The standard InChI is InChI=1S/C19H17FN4O3S/c1-11-7-12(2)9-13(8-11)18-23-24-19(27-18)28-10-16(25)21-22-17(26)14-5-3-4-6-15(14)20/h3-9H,10H2,1-2H3,(H,21,25)(H,22,26). The Hall–Kier alpha value is -3.20. The van der Waals surface area contributed by atoms with Gasteiger partial charge in [-0.2, -0.15) is 0 Å². The first-order valence-electron chi connectivity index (χ1n) is 8.31. The average molecular weight is 400 g/mol. The van der Waals surface area contributed by atoms with E-state index in [-0.39, 0.29) is 16.5 Å². The van der Waals surface area contributed by atoms with Crippen LogP contribution in [0.2, 0.25) is 0 Å². The zero-order valence-electron chi connectivity index (χ0n) is 15.2. The number of carbonyl (C=O) groups excluding carboxylic acids is 2. The number of hydrogen-bond donors (Lipinski definition) is 2. The van der Waals surface area contributed by atoms with Gasteiger partial charge in [0.2, 0.25) is 11.8 Å². The molecule has 0 atom stereocenters. The maximum absolute atomic E-state index is 13.5. The van der Waals surface area contributed by atoms with E-state index in [2.05, 4.69) is 21.0 Å². The number of thioether (sulfide) groups is 1. The maximum atomic E-state index is 13.5. The van der Waals surface area contributed by atoms with E-state index in [0.29, 0.717) is 5.89 Å². The molecule has 0 fully saturated rings. The molecule has 0 aliphatic heterocycles. The largest absolute Gasteiger partial charge is 0.411 e. The van der Waals surface area contributed by atoms with E-state index in [4.69, 9.17) is 4.42 Å². The van der Waals surface area contributed by atoms with Crippen LogP contribution in [0.5, 0.6) is 0 Å². The zero-order chi connectivity index (χ0) is 20.1. The first kappa shape index (κ1) is 19.6. The number of halogens is 1. The molecule has 3 aromatic rings. The minimum atomic E-state index is -0.744. The number of carbonyl (C=O) groups is 2. The van der Waals surface area contributed by atoms with Crippen LogP contribution in [-0.4, -0.2) is 27.8 Å². The molecule has 1 aromatic heterocycles. The highest BCUT2D eigenvalue weighted by molar-refractivity contribution is 7.99. The normalized spacial score (nSPS) is 10.5. The SMILES string of the molecule is Cc1cc(C)cc(-c2nnc(SCC(=O)NNC(=O)c3ccccc3F)o2)c1. The van der Waals surface area contributed by atoms with Crippen LogP contribution in [0, 0.1) is 19.7 Å². The Labute approximate surface area is 164 Å². The van der Waals surface area contributed by atoms with Gasteiger partial charge in [0, 0.05) is 5.56 Å². The highest BCUT2D eigenvalue weighted by atomic mass is 32.2.